The minimum Gasteiger partial charge on any atom is -0.371 e. The Bertz CT molecular complexity index is 452. The zero-order valence-corrected chi connectivity index (χ0v) is 10.7. The van der Waals surface area contributed by atoms with Crippen LogP contribution in [0.5, 0.6) is 0 Å². The first kappa shape index (κ1) is 11.7. The minimum atomic E-state index is 0.145. The molecule has 3 rings (SSSR count). The highest BCUT2D eigenvalue weighted by atomic mass is 16.5. The third kappa shape index (κ3) is 2.13. The van der Waals surface area contributed by atoms with Gasteiger partial charge in [-0.3, -0.25) is 4.99 Å². The molecule has 0 saturated carbocycles. The lowest BCUT2D eigenvalue weighted by Crippen LogP contribution is -2.34. The molecule has 1 saturated heterocycles. The van der Waals surface area contributed by atoms with Crippen molar-refractivity contribution >= 4 is 5.84 Å². The molecule has 0 bridgehead atoms. The van der Waals surface area contributed by atoms with E-state index in [1.54, 1.807) is 0 Å². The Morgan fingerprint density at radius 1 is 1.39 bits per heavy atom. The molecule has 4 nitrogen and oxygen atoms in total. The number of likely N-dealkylation sites (N-methyl/N-ethyl adjacent to an activating group) is 1. The average molecular weight is 245 g/mol. The van der Waals surface area contributed by atoms with E-state index in [0.717, 1.165) is 38.6 Å². The van der Waals surface area contributed by atoms with Crippen molar-refractivity contribution in [1.82, 2.24) is 10.2 Å². The van der Waals surface area contributed by atoms with E-state index in [1.165, 1.54) is 11.1 Å². The van der Waals surface area contributed by atoms with Crippen LogP contribution in [-0.4, -0.2) is 50.6 Å². The Morgan fingerprint density at radius 3 is 3.00 bits per heavy atom. The van der Waals surface area contributed by atoms with Crippen LogP contribution in [0.25, 0.3) is 0 Å². The molecule has 1 N–H and O–H groups in total. The zero-order chi connectivity index (χ0) is 12.4. The van der Waals surface area contributed by atoms with Gasteiger partial charge in [0.15, 0.2) is 0 Å². The van der Waals surface area contributed by atoms with E-state index in [1.807, 2.05) is 0 Å². The number of morpholine rings is 1. The molecular formula is C14H19N3O. The Morgan fingerprint density at radius 2 is 2.28 bits per heavy atom. The molecule has 0 amide bonds. The summed E-state index contributed by atoms with van der Waals surface area (Å²) in [5.74, 6) is 1.10. The standard InChI is InChI=1S/C14H19N3O/c1-17-8-6-16-14(17)12-5-3-2-4-11(12)13-10-15-7-9-18-13/h2-5,13,15H,6-10H2,1H3. The van der Waals surface area contributed by atoms with Gasteiger partial charge in [0.05, 0.1) is 19.3 Å². The van der Waals surface area contributed by atoms with Gasteiger partial charge in [0.25, 0.3) is 0 Å². The molecule has 0 radical (unpaired) electrons. The topological polar surface area (TPSA) is 36.9 Å². The largest absolute Gasteiger partial charge is 0.371 e. The van der Waals surface area contributed by atoms with Crippen molar-refractivity contribution in [2.45, 2.75) is 6.10 Å². The van der Waals surface area contributed by atoms with Crippen LogP contribution in [0.4, 0.5) is 0 Å². The minimum absolute atomic E-state index is 0.145. The fraction of sp³-hybridized carbons (Fsp3) is 0.500. The van der Waals surface area contributed by atoms with E-state index >= 15 is 0 Å². The molecule has 0 aromatic heterocycles. The molecule has 1 fully saturated rings. The molecule has 18 heavy (non-hydrogen) atoms. The normalized spacial score (nSPS) is 24.2. The van der Waals surface area contributed by atoms with Crippen molar-refractivity contribution in [3.8, 4) is 0 Å². The van der Waals surface area contributed by atoms with E-state index in [2.05, 4.69) is 46.5 Å². The van der Waals surface area contributed by atoms with Gasteiger partial charge < -0.3 is 15.0 Å². The quantitative estimate of drug-likeness (QED) is 0.846. The van der Waals surface area contributed by atoms with Gasteiger partial charge in [-0.15, -0.1) is 0 Å². The maximum Gasteiger partial charge on any atom is 0.131 e. The first-order valence-corrected chi connectivity index (χ1v) is 6.53. The van der Waals surface area contributed by atoms with Crippen molar-refractivity contribution in [3.63, 3.8) is 0 Å². The van der Waals surface area contributed by atoms with Crippen molar-refractivity contribution in [3.05, 3.63) is 35.4 Å². The summed E-state index contributed by atoms with van der Waals surface area (Å²) in [4.78, 5) is 6.83. The number of nitrogens with one attached hydrogen (secondary N) is 1. The highest BCUT2D eigenvalue weighted by molar-refractivity contribution is 6.01. The van der Waals surface area contributed by atoms with Gasteiger partial charge in [-0.1, -0.05) is 24.3 Å². The molecule has 0 spiro atoms. The summed E-state index contributed by atoms with van der Waals surface area (Å²) >= 11 is 0. The van der Waals surface area contributed by atoms with E-state index in [9.17, 15) is 0 Å². The number of hydrogen-bond acceptors (Lipinski definition) is 4. The van der Waals surface area contributed by atoms with E-state index in [0.29, 0.717) is 0 Å². The Hall–Kier alpha value is -1.39. The SMILES string of the molecule is CN1CCN=C1c1ccccc1C1CNCCO1. The molecule has 2 heterocycles. The molecule has 2 aliphatic rings. The third-order valence-corrected chi connectivity index (χ3v) is 3.53. The molecule has 1 aromatic carbocycles. The molecule has 96 valence electrons. The lowest BCUT2D eigenvalue weighted by molar-refractivity contribution is 0.0275. The van der Waals surface area contributed by atoms with E-state index in [-0.39, 0.29) is 6.10 Å². The number of hydrogen-bond donors (Lipinski definition) is 1. The number of nitrogens with zero attached hydrogens (tertiary/aromatic N) is 2. The van der Waals surface area contributed by atoms with E-state index in [4.69, 9.17) is 4.74 Å². The summed E-state index contributed by atoms with van der Waals surface area (Å²) in [6, 6.07) is 8.45. The zero-order valence-electron chi connectivity index (χ0n) is 10.7. The fourth-order valence-corrected chi connectivity index (χ4v) is 2.57. The highest BCUT2D eigenvalue weighted by Gasteiger charge is 2.23. The predicted octanol–water partition coefficient (Wildman–Crippen LogP) is 1.04. The molecule has 4 heteroatoms. The third-order valence-electron chi connectivity index (χ3n) is 3.53. The first-order chi connectivity index (χ1) is 8.86. The van der Waals surface area contributed by atoms with Crippen molar-refractivity contribution in [1.29, 1.82) is 0 Å². The van der Waals surface area contributed by atoms with Crippen LogP contribution in [-0.2, 0) is 4.74 Å². The molecule has 0 aliphatic carbocycles. The van der Waals surface area contributed by atoms with Gasteiger partial charge in [-0.25, -0.2) is 0 Å². The second kappa shape index (κ2) is 5.08. The van der Waals surface area contributed by atoms with Crippen LogP contribution in [0.15, 0.2) is 29.3 Å². The van der Waals surface area contributed by atoms with Crippen molar-refractivity contribution in [2.24, 2.45) is 4.99 Å². The molecule has 1 unspecified atom stereocenters. The summed E-state index contributed by atoms with van der Waals surface area (Å²) in [6.45, 7) is 4.51. The van der Waals surface area contributed by atoms with Gasteiger partial charge in [0.2, 0.25) is 0 Å². The second-order valence-electron chi connectivity index (χ2n) is 4.78. The second-order valence-corrected chi connectivity index (χ2v) is 4.78. The number of aliphatic imine (C=N–C) groups is 1. The van der Waals surface area contributed by atoms with Crippen LogP contribution < -0.4 is 5.32 Å². The maximum atomic E-state index is 5.86. The van der Waals surface area contributed by atoms with Gasteiger partial charge >= 0.3 is 0 Å². The average Bonchev–Trinajstić information content (AvgIpc) is 2.86. The summed E-state index contributed by atoms with van der Waals surface area (Å²) in [5.41, 5.74) is 2.46. The fourth-order valence-electron chi connectivity index (χ4n) is 2.57. The van der Waals surface area contributed by atoms with Gasteiger partial charge in [-0.05, 0) is 5.56 Å². The number of amidine groups is 1. The van der Waals surface area contributed by atoms with Gasteiger partial charge in [0.1, 0.15) is 5.84 Å². The lowest BCUT2D eigenvalue weighted by atomic mass is 10.0. The van der Waals surface area contributed by atoms with Crippen molar-refractivity contribution < 1.29 is 4.74 Å². The lowest BCUT2D eigenvalue weighted by Gasteiger charge is -2.27. The van der Waals surface area contributed by atoms with Crippen LogP contribution in [0.3, 0.4) is 0 Å². The Kier molecular flexibility index (Phi) is 3.30. The first-order valence-electron chi connectivity index (χ1n) is 6.53. The predicted molar refractivity (Wildman–Crippen MR) is 72.0 cm³/mol. The molecule has 1 atom stereocenters. The smallest absolute Gasteiger partial charge is 0.131 e. The highest BCUT2D eigenvalue weighted by Crippen LogP contribution is 2.24. The maximum absolute atomic E-state index is 5.86. The number of ether oxygens (including phenoxy) is 1. The molecule has 2 aliphatic heterocycles. The Labute approximate surface area is 108 Å². The van der Waals surface area contributed by atoms with Crippen LogP contribution in [0, 0.1) is 0 Å². The molecule has 1 aromatic rings. The van der Waals surface area contributed by atoms with Crippen LogP contribution in [0.2, 0.25) is 0 Å². The van der Waals surface area contributed by atoms with Crippen LogP contribution in [0.1, 0.15) is 17.2 Å². The van der Waals surface area contributed by atoms with Gasteiger partial charge in [-0.2, -0.15) is 0 Å². The van der Waals surface area contributed by atoms with Crippen LogP contribution >= 0.6 is 0 Å². The summed E-state index contributed by atoms with van der Waals surface area (Å²) in [6.07, 6.45) is 0.145. The summed E-state index contributed by atoms with van der Waals surface area (Å²) in [5, 5.41) is 3.38. The van der Waals surface area contributed by atoms with Gasteiger partial charge in [0, 0.05) is 32.2 Å². The van der Waals surface area contributed by atoms with Crippen molar-refractivity contribution in [2.75, 3.05) is 39.8 Å². The Balaban J connectivity index is 1.94. The number of rotatable bonds is 2. The summed E-state index contributed by atoms with van der Waals surface area (Å²) < 4.78 is 5.86. The monoisotopic (exact) mass is 245 g/mol. The molecular weight excluding hydrogens is 226 g/mol. The summed E-state index contributed by atoms with van der Waals surface area (Å²) in [7, 11) is 2.10. The van der Waals surface area contributed by atoms with E-state index < -0.39 is 0 Å². The number of benzene rings is 1.